The molecule has 24 heteroatoms. The van der Waals surface area contributed by atoms with Crippen LogP contribution < -0.4 is 21.3 Å². The maximum absolute atomic E-state index is 15.2. The Balaban J connectivity index is 4.34. The molecule has 0 spiro atoms. The molecule has 1 aliphatic rings. The van der Waals surface area contributed by atoms with Crippen LogP contribution in [0, 0.1) is 41.4 Å². The average molecular weight is 1310 g/mol. The molecule has 1 fully saturated rings. The van der Waals surface area contributed by atoms with Gasteiger partial charge in [-0.05, 0) is 107 Å². The number of aliphatic hydroxyl groups is 1. The van der Waals surface area contributed by atoms with Crippen molar-refractivity contribution < 1.29 is 57.8 Å². The van der Waals surface area contributed by atoms with Gasteiger partial charge in [0.2, 0.25) is 65.0 Å². The van der Waals surface area contributed by atoms with E-state index >= 15 is 14.4 Å². The number of carbonyl (C=O) groups excluding carboxylic acids is 11. The van der Waals surface area contributed by atoms with E-state index in [0.717, 1.165) is 28.0 Å². The molecule has 1 rings (SSSR count). The number of hydrogen-bond donors (Lipinski definition) is 5. The van der Waals surface area contributed by atoms with Crippen molar-refractivity contribution in [3.8, 4) is 0 Å². The molecule has 88 heavy (non-hydrogen) atoms. The lowest BCUT2D eigenvalue weighted by Crippen LogP contribution is -2.63. The molecule has 0 saturated carbocycles. The van der Waals surface area contributed by atoms with Crippen molar-refractivity contribution in [2.24, 2.45) is 41.4 Å². The second-order valence-electron chi connectivity index (χ2n) is 26.8. The van der Waals surface area contributed by atoms with E-state index in [1.807, 2.05) is 67.5 Å². The minimum atomic E-state index is -1.62. The van der Waals surface area contributed by atoms with E-state index in [-0.39, 0.29) is 55.8 Å². The quantitative estimate of drug-likeness (QED) is 0.0725. The van der Waals surface area contributed by atoms with Crippen LogP contribution in [0.2, 0.25) is 0 Å². The molecule has 0 aromatic carbocycles. The number of likely N-dealkylation sites (N-methyl/N-ethyl adjacent to an activating group) is 7. The number of alkyl halides is 1. The highest BCUT2D eigenvalue weighted by Gasteiger charge is 2.46. The van der Waals surface area contributed by atoms with Crippen molar-refractivity contribution in [1.82, 2.24) is 55.6 Å². The van der Waals surface area contributed by atoms with Gasteiger partial charge in [0, 0.05) is 54.7 Å². The van der Waals surface area contributed by atoms with Crippen LogP contribution in [0.25, 0.3) is 0 Å². The normalized spacial score (nSPS) is 26.4. The molecule has 12 atom stereocenters. The summed E-state index contributed by atoms with van der Waals surface area (Å²) >= 11 is 3.44. The Morgan fingerprint density at radius 2 is 0.909 bits per heavy atom. The minimum absolute atomic E-state index is 0.0206. The van der Waals surface area contributed by atoms with E-state index in [9.17, 15) is 43.5 Å². The number of nitrogens with one attached hydrogen (secondary N) is 4. The first-order valence-electron chi connectivity index (χ1n) is 31.7. The molecule has 504 valence electrons. The fourth-order valence-electron chi connectivity index (χ4n) is 11.0. The van der Waals surface area contributed by atoms with Crippen molar-refractivity contribution in [2.45, 2.75) is 229 Å². The summed E-state index contributed by atoms with van der Waals surface area (Å²) in [6, 6.07) is -12.4. The number of carbonyl (C=O) groups is 11. The van der Waals surface area contributed by atoms with Crippen LogP contribution >= 0.6 is 15.9 Å². The molecule has 1 aliphatic heterocycles. The second kappa shape index (κ2) is 37.5. The summed E-state index contributed by atoms with van der Waals surface area (Å²) in [6.07, 6.45) is 4.92. The lowest BCUT2D eigenvalue weighted by molar-refractivity contribution is -0.157. The summed E-state index contributed by atoms with van der Waals surface area (Å²) in [7, 11) is 9.95. The third-order valence-corrected chi connectivity index (χ3v) is 17.1. The maximum atomic E-state index is 15.2. The van der Waals surface area contributed by atoms with Crippen LogP contribution in [0.1, 0.15) is 162 Å². The Morgan fingerprint density at radius 3 is 1.38 bits per heavy atom. The summed E-state index contributed by atoms with van der Waals surface area (Å²) in [5.74, 6) is -9.73. The Kier molecular flexibility index (Phi) is 34.2. The van der Waals surface area contributed by atoms with E-state index in [1.54, 1.807) is 41.5 Å². The van der Waals surface area contributed by atoms with Crippen molar-refractivity contribution in [3.05, 3.63) is 12.2 Å². The second-order valence-corrected chi connectivity index (χ2v) is 27.6. The van der Waals surface area contributed by atoms with E-state index in [2.05, 4.69) is 37.2 Å². The highest BCUT2D eigenvalue weighted by molar-refractivity contribution is 9.09. The van der Waals surface area contributed by atoms with E-state index in [0.29, 0.717) is 6.42 Å². The fraction of sp³-hybridized carbons (Fsp3) is 0.797. The molecule has 0 aromatic heterocycles. The molecule has 1 unspecified atom stereocenters. The number of hydrogen-bond acceptors (Lipinski definition) is 12. The zero-order chi connectivity index (χ0) is 68.1. The monoisotopic (exact) mass is 1310 g/mol. The van der Waals surface area contributed by atoms with Gasteiger partial charge in [0.15, 0.2) is 0 Å². The third-order valence-electron chi connectivity index (χ3n) is 16.5. The van der Waals surface area contributed by atoms with Crippen LogP contribution in [0.4, 0.5) is 0 Å². The lowest BCUT2D eigenvalue weighted by Gasteiger charge is -2.41. The van der Waals surface area contributed by atoms with Crippen LogP contribution in [0.15, 0.2) is 12.2 Å². The van der Waals surface area contributed by atoms with Gasteiger partial charge in [0.1, 0.15) is 60.4 Å². The van der Waals surface area contributed by atoms with Gasteiger partial charge in [0.25, 0.3) is 0 Å². The molecule has 0 radical (unpaired) electrons. The van der Waals surface area contributed by atoms with Crippen LogP contribution in [0.3, 0.4) is 0 Å². The number of amides is 11. The predicted molar refractivity (Wildman–Crippen MR) is 346 cm³/mol. The van der Waals surface area contributed by atoms with Gasteiger partial charge in [-0.25, -0.2) is 0 Å². The van der Waals surface area contributed by atoms with Crippen molar-refractivity contribution >= 4 is 80.9 Å². The molecule has 23 nitrogen and oxygen atoms in total. The first kappa shape index (κ1) is 80.4. The smallest absolute Gasteiger partial charge is 0.246 e. The SMILES string of the molecule is CC[C@@H]1NC(=O)C([C@H](O)[C@H](C)C/C=C/CCCBr)N(C)C(=O)[C@H](C(C)C)N(C)C(=O)[C@H](CC(C)C)N(C)C(=O)[C@H](CC(C)C)N(C)C(=O)[C@@H](C)NC(=O)[C@H](C)NC(=O)[C@H](CC(C)C)N(C)C(=O)[C@H](C(C)C)NC(=O)[C@H](CC(C)C)N(C)C(=O)CN(C)C1=O. The molecule has 0 aromatic rings. The third kappa shape index (κ3) is 23.3. The first-order chi connectivity index (χ1) is 40.7. The van der Waals surface area contributed by atoms with Gasteiger partial charge in [-0.2, -0.15) is 0 Å². The number of rotatable bonds is 18. The Labute approximate surface area is 535 Å². The van der Waals surface area contributed by atoms with Crippen LogP contribution in [-0.4, -0.2) is 232 Å². The number of allylic oxidation sites excluding steroid dienone is 2. The molecule has 1 saturated heterocycles. The lowest BCUT2D eigenvalue weighted by atomic mass is 9.91. The van der Waals surface area contributed by atoms with Gasteiger partial charge in [-0.15, -0.1) is 0 Å². The molecule has 0 bridgehead atoms. The number of halogens is 1. The summed E-state index contributed by atoms with van der Waals surface area (Å²) in [4.78, 5) is 169. The molecule has 1 heterocycles. The Morgan fingerprint density at radius 1 is 0.477 bits per heavy atom. The van der Waals surface area contributed by atoms with Crippen molar-refractivity contribution in [3.63, 3.8) is 0 Å². The van der Waals surface area contributed by atoms with E-state index in [1.165, 1.54) is 87.7 Å². The van der Waals surface area contributed by atoms with Crippen LogP contribution in [-0.2, 0) is 52.7 Å². The first-order valence-corrected chi connectivity index (χ1v) is 32.8. The van der Waals surface area contributed by atoms with E-state index < -0.39 is 156 Å². The number of nitrogens with zero attached hydrogens (tertiary/aromatic N) is 7. The van der Waals surface area contributed by atoms with Gasteiger partial charge in [0.05, 0.1) is 12.6 Å². The van der Waals surface area contributed by atoms with Gasteiger partial charge >= 0.3 is 0 Å². The standard InChI is InChI=1S/C64H114BrN11O12/c1-24-45-60(84)70(17)35-50(77)71(18)46(31-36(2)3)57(81)69-51(40(10)11)63(87)72(19)47(32-37(4)5)56(80)66-43(15)55(79)67-44(16)59(83)73(20)48(33-38(6)7)61(85)74(21)49(34-39(8)9)62(86)75(22)52(41(12)13)64(88)76(23)53(58(82)68-45)54(78)42(14)29-27-25-26-28-30-65/h25,27,36-49,51-54,78H,24,26,28-35H2,1-23H3,(H,66,80)(H,67,79)(H,68,82)(H,69,81)/b27-25+/t42-,43+,44-,45+,46+,47+,48+,49+,51+,52+,53?,54-/m1/s1. The molecular formula is C64H114BrN11O12. The zero-order valence-corrected chi connectivity index (χ0v) is 59.2. The summed E-state index contributed by atoms with van der Waals surface area (Å²) in [5, 5.41) is 24.1. The van der Waals surface area contributed by atoms with Gasteiger partial charge in [-0.1, -0.05) is 125 Å². The highest BCUT2D eigenvalue weighted by Crippen LogP contribution is 2.26. The number of aliphatic hydroxyl groups excluding tert-OH is 1. The van der Waals surface area contributed by atoms with Crippen molar-refractivity contribution in [2.75, 3.05) is 61.2 Å². The predicted octanol–water partition coefficient (Wildman–Crippen LogP) is 4.42. The largest absolute Gasteiger partial charge is 0.390 e. The Hall–Kier alpha value is -5.65. The van der Waals surface area contributed by atoms with Crippen LogP contribution in [0.5, 0.6) is 0 Å². The molecular weight excluding hydrogens is 1190 g/mol. The highest BCUT2D eigenvalue weighted by atomic mass is 79.9. The molecule has 11 amide bonds. The fourth-order valence-corrected chi connectivity index (χ4v) is 11.3. The number of unbranched alkanes of at least 4 members (excludes halogenated alkanes) is 1. The van der Waals surface area contributed by atoms with Gasteiger partial charge in [-0.3, -0.25) is 52.7 Å². The molecule has 5 N–H and O–H groups in total. The summed E-state index contributed by atoms with van der Waals surface area (Å²) in [5.41, 5.74) is 0. The topological polar surface area (TPSA) is 279 Å². The average Bonchev–Trinajstić information content (AvgIpc) is 3.66. The minimum Gasteiger partial charge on any atom is -0.390 e. The summed E-state index contributed by atoms with van der Waals surface area (Å²) in [6.45, 7) is 27.6. The molecule has 0 aliphatic carbocycles. The maximum Gasteiger partial charge on any atom is 0.246 e. The van der Waals surface area contributed by atoms with Crippen molar-refractivity contribution in [1.29, 1.82) is 0 Å². The van der Waals surface area contributed by atoms with E-state index in [4.69, 9.17) is 0 Å². The van der Waals surface area contributed by atoms with Gasteiger partial charge < -0.3 is 60.7 Å². The summed E-state index contributed by atoms with van der Waals surface area (Å²) < 4.78 is 0. The zero-order valence-electron chi connectivity index (χ0n) is 57.6. The Bertz CT molecular complexity index is 2390.